The van der Waals surface area contributed by atoms with Crippen molar-refractivity contribution in [3.05, 3.63) is 35.4 Å². The first-order valence-electron chi connectivity index (χ1n) is 6.49. The summed E-state index contributed by atoms with van der Waals surface area (Å²) in [6, 6.07) is 3.86. The van der Waals surface area contributed by atoms with E-state index >= 15 is 0 Å². The molecule has 0 aromatic heterocycles. The van der Waals surface area contributed by atoms with E-state index in [4.69, 9.17) is 4.74 Å². The molecule has 1 atom stereocenters. The largest absolute Gasteiger partial charge is 0.394 e. The molecule has 1 aliphatic heterocycles. The van der Waals surface area contributed by atoms with Crippen molar-refractivity contribution >= 4 is 0 Å². The standard InChI is InChI=1S/C14H19F2NO2/c1-2-14(9-18)10-19-7-6-17(14)8-11-12(15)4-3-5-13(11)16/h3-5,18H,2,6-10H2,1H3. The number of morpholine rings is 1. The molecule has 5 heteroatoms. The summed E-state index contributed by atoms with van der Waals surface area (Å²) in [5, 5.41) is 9.62. The van der Waals surface area contributed by atoms with Crippen LogP contribution in [0.4, 0.5) is 8.78 Å². The van der Waals surface area contributed by atoms with Crippen LogP contribution in [0.5, 0.6) is 0 Å². The van der Waals surface area contributed by atoms with Gasteiger partial charge in [-0.15, -0.1) is 0 Å². The van der Waals surface area contributed by atoms with Gasteiger partial charge in [-0.05, 0) is 18.6 Å². The highest BCUT2D eigenvalue weighted by Gasteiger charge is 2.38. The van der Waals surface area contributed by atoms with Crippen LogP contribution < -0.4 is 0 Å². The molecule has 1 aliphatic rings. The number of aliphatic hydroxyl groups is 1. The molecule has 1 fully saturated rings. The molecule has 106 valence electrons. The van der Waals surface area contributed by atoms with Gasteiger partial charge in [-0.25, -0.2) is 8.78 Å². The summed E-state index contributed by atoms with van der Waals surface area (Å²) >= 11 is 0. The molecular formula is C14H19F2NO2. The van der Waals surface area contributed by atoms with Gasteiger partial charge in [-0.3, -0.25) is 4.90 Å². The van der Waals surface area contributed by atoms with Gasteiger partial charge in [0.1, 0.15) is 11.6 Å². The number of hydrogen-bond acceptors (Lipinski definition) is 3. The van der Waals surface area contributed by atoms with E-state index in [2.05, 4.69) is 0 Å². The predicted octanol–water partition coefficient (Wildman–Crippen LogP) is 1.94. The van der Waals surface area contributed by atoms with Crippen LogP contribution in [-0.4, -0.2) is 41.9 Å². The SMILES string of the molecule is CCC1(CO)COCCN1Cc1c(F)cccc1F. The maximum atomic E-state index is 13.7. The summed E-state index contributed by atoms with van der Waals surface area (Å²) < 4.78 is 32.8. The Hall–Kier alpha value is -1.04. The summed E-state index contributed by atoms with van der Waals surface area (Å²) in [6.07, 6.45) is 0.666. The first-order chi connectivity index (χ1) is 9.13. The van der Waals surface area contributed by atoms with Gasteiger partial charge < -0.3 is 9.84 Å². The highest BCUT2D eigenvalue weighted by molar-refractivity contribution is 5.20. The molecular weight excluding hydrogens is 252 g/mol. The summed E-state index contributed by atoms with van der Waals surface area (Å²) in [4.78, 5) is 1.91. The molecule has 1 heterocycles. The van der Waals surface area contributed by atoms with Crippen LogP contribution in [0.2, 0.25) is 0 Å². The topological polar surface area (TPSA) is 32.7 Å². The number of aliphatic hydroxyl groups excluding tert-OH is 1. The smallest absolute Gasteiger partial charge is 0.130 e. The van der Waals surface area contributed by atoms with Crippen molar-refractivity contribution < 1.29 is 18.6 Å². The summed E-state index contributed by atoms with van der Waals surface area (Å²) in [5.41, 5.74) is -0.497. The summed E-state index contributed by atoms with van der Waals surface area (Å²) in [5.74, 6) is -1.09. The van der Waals surface area contributed by atoms with Gasteiger partial charge in [-0.1, -0.05) is 13.0 Å². The molecule has 0 saturated carbocycles. The van der Waals surface area contributed by atoms with Crippen molar-refractivity contribution in [3.63, 3.8) is 0 Å². The number of benzene rings is 1. The molecule has 0 bridgehead atoms. The third kappa shape index (κ3) is 2.78. The van der Waals surface area contributed by atoms with Gasteiger partial charge >= 0.3 is 0 Å². The Balaban J connectivity index is 2.25. The van der Waals surface area contributed by atoms with Crippen LogP contribution in [0.1, 0.15) is 18.9 Å². The van der Waals surface area contributed by atoms with Crippen LogP contribution in [0, 0.1) is 11.6 Å². The molecule has 1 aromatic carbocycles. The zero-order valence-electron chi connectivity index (χ0n) is 11.0. The molecule has 2 rings (SSSR count). The van der Waals surface area contributed by atoms with Crippen molar-refractivity contribution in [1.29, 1.82) is 0 Å². The maximum Gasteiger partial charge on any atom is 0.130 e. The maximum absolute atomic E-state index is 13.7. The molecule has 0 spiro atoms. The third-order valence-corrected chi connectivity index (χ3v) is 3.91. The lowest BCUT2D eigenvalue weighted by Crippen LogP contribution is -2.58. The normalized spacial score (nSPS) is 24.6. The highest BCUT2D eigenvalue weighted by atomic mass is 19.1. The molecule has 1 saturated heterocycles. The van der Waals surface area contributed by atoms with E-state index in [1.165, 1.54) is 18.2 Å². The molecule has 1 aromatic rings. The minimum atomic E-state index is -0.549. The molecule has 1 N–H and O–H groups in total. The van der Waals surface area contributed by atoms with Crippen LogP contribution in [0.25, 0.3) is 0 Å². The monoisotopic (exact) mass is 271 g/mol. The van der Waals surface area contributed by atoms with Crippen LogP contribution in [0.3, 0.4) is 0 Å². The zero-order valence-corrected chi connectivity index (χ0v) is 11.0. The van der Waals surface area contributed by atoms with Crippen LogP contribution in [-0.2, 0) is 11.3 Å². The summed E-state index contributed by atoms with van der Waals surface area (Å²) in [6.45, 7) is 3.46. The van der Waals surface area contributed by atoms with Crippen LogP contribution in [0.15, 0.2) is 18.2 Å². The van der Waals surface area contributed by atoms with Crippen LogP contribution >= 0.6 is 0 Å². The molecule has 3 nitrogen and oxygen atoms in total. The van der Waals surface area contributed by atoms with Gasteiger partial charge in [0.15, 0.2) is 0 Å². The molecule has 1 unspecified atom stereocenters. The molecule has 0 aliphatic carbocycles. The second kappa shape index (κ2) is 5.94. The van der Waals surface area contributed by atoms with E-state index in [1.54, 1.807) is 0 Å². The zero-order chi connectivity index (χ0) is 13.9. The van der Waals surface area contributed by atoms with Crippen molar-refractivity contribution in [1.82, 2.24) is 4.90 Å². The molecule has 19 heavy (non-hydrogen) atoms. The first kappa shape index (κ1) is 14.4. The average Bonchev–Trinajstić information content (AvgIpc) is 2.43. The van der Waals surface area contributed by atoms with Crippen molar-refractivity contribution in [2.24, 2.45) is 0 Å². The second-order valence-electron chi connectivity index (χ2n) is 4.91. The van der Waals surface area contributed by atoms with E-state index in [-0.39, 0.29) is 18.7 Å². The number of rotatable bonds is 4. The predicted molar refractivity (Wildman–Crippen MR) is 67.7 cm³/mol. The number of hydrogen-bond donors (Lipinski definition) is 1. The Morgan fingerprint density at radius 3 is 2.63 bits per heavy atom. The van der Waals surface area contributed by atoms with E-state index in [0.29, 0.717) is 26.2 Å². The lowest BCUT2D eigenvalue weighted by Gasteiger charge is -2.45. The van der Waals surface area contributed by atoms with Crippen molar-refractivity contribution in [3.8, 4) is 0 Å². The van der Waals surface area contributed by atoms with E-state index in [9.17, 15) is 13.9 Å². The number of ether oxygens (including phenoxy) is 1. The Bertz CT molecular complexity index is 415. The Morgan fingerprint density at radius 2 is 2.05 bits per heavy atom. The number of nitrogens with zero attached hydrogens (tertiary/aromatic N) is 1. The van der Waals surface area contributed by atoms with E-state index in [1.807, 2.05) is 11.8 Å². The molecule has 0 radical (unpaired) electrons. The quantitative estimate of drug-likeness (QED) is 0.908. The fourth-order valence-electron chi connectivity index (χ4n) is 2.47. The highest BCUT2D eigenvalue weighted by Crippen LogP contribution is 2.27. The minimum absolute atomic E-state index is 0.0516. The van der Waals surface area contributed by atoms with Crippen molar-refractivity contribution in [2.75, 3.05) is 26.4 Å². The number of halogens is 2. The fourth-order valence-corrected chi connectivity index (χ4v) is 2.47. The Kier molecular flexibility index (Phi) is 4.50. The van der Waals surface area contributed by atoms with Gasteiger partial charge in [0, 0.05) is 18.7 Å². The van der Waals surface area contributed by atoms with Gasteiger partial charge in [-0.2, -0.15) is 0 Å². The fraction of sp³-hybridized carbons (Fsp3) is 0.571. The van der Waals surface area contributed by atoms with Crippen molar-refractivity contribution in [2.45, 2.75) is 25.4 Å². The Morgan fingerprint density at radius 1 is 1.37 bits per heavy atom. The minimum Gasteiger partial charge on any atom is -0.394 e. The van der Waals surface area contributed by atoms with E-state index < -0.39 is 17.2 Å². The average molecular weight is 271 g/mol. The molecule has 0 amide bonds. The van der Waals surface area contributed by atoms with Gasteiger partial charge in [0.2, 0.25) is 0 Å². The summed E-state index contributed by atoms with van der Waals surface area (Å²) in [7, 11) is 0. The van der Waals surface area contributed by atoms with E-state index in [0.717, 1.165) is 0 Å². The van der Waals surface area contributed by atoms with Gasteiger partial charge in [0.25, 0.3) is 0 Å². The lowest BCUT2D eigenvalue weighted by atomic mass is 9.93. The lowest BCUT2D eigenvalue weighted by molar-refractivity contribution is -0.0980. The Labute approximate surface area is 111 Å². The third-order valence-electron chi connectivity index (χ3n) is 3.91. The first-order valence-corrected chi connectivity index (χ1v) is 6.49. The second-order valence-corrected chi connectivity index (χ2v) is 4.91. The van der Waals surface area contributed by atoms with Gasteiger partial charge in [0.05, 0.1) is 25.4 Å².